The van der Waals surface area contributed by atoms with Crippen LogP contribution in [0.2, 0.25) is 0 Å². The molecule has 3 heteroatoms. The van der Waals surface area contributed by atoms with E-state index in [1.54, 1.807) is 12.1 Å². The molecule has 94 valence electrons. The van der Waals surface area contributed by atoms with Crippen molar-refractivity contribution in [1.82, 2.24) is 4.90 Å². The Morgan fingerprint density at radius 3 is 2.35 bits per heavy atom. The molecule has 0 amide bonds. The molecule has 0 aliphatic heterocycles. The van der Waals surface area contributed by atoms with E-state index in [2.05, 4.69) is 4.90 Å². The lowest BCUT2D eigenvalue weighted by Gasteiger charge is -2.26. The molecule has 0 aliphatic rings. The van der Waals surface area contributed by atoms with Crippen molar-refractivity contribution in [2.45, 2.75) is 25.9 Å². The van der Waals surface area contributed by atoms with E-state index in [1.165, 1.54) is 0 Å². The fraction of sp³-hybridized carbons (Fsp3) is 0.500. The minimum Gasteiger partial charge on any atom is -0.456 e. The molecule has 0 saturated carbocycles. The summed E-state index contributed by atoms with van der Waals surface area (Å²) in [6.45, 7) is 4.78. The second-order valence-corrected chi connectivity index (χ2v) is 5.07. The molecular weight excluding hydrogens is 214 g/mol. The highest BCUT2D eigenvalue weighted by Gasteiger charge is 2.23. The third-order valence-corrected chi connectivity index (χ3v) is 2.54. The Balaban J connectivity index is 2.56. The van der Waals surface area contributed by atoms with Gasteiger partial charge in [0.15, 0.2) is 0 Å². The van der Waals surface area contributed by atoms with Gasteiger partial charge in [-0.15, -0.1) is 0 Å². The summed E-state index contributed by atoms with van der Waals surface area (Å²) in [6.07, 6.45) is 0.818. The number of rotatable bonds is 5. The zero-order chi connectivity index (χ0) is 12.9. The van der Waals surface area contributed by atoms with Crippen LogP contribution in [-0.4, -0.2) is 37.1 Å². The van der Waals surface area contributed by atoms with Gasteiger partial charge >= 0.3 is 5.97 Å². The van der Waals surface area contributed by atoms with Crippen LogP contribution in [0.5, 0.6) is 0 Å². The van der Waals surface area contributed by atoms with E-state index in [0.29, 0.717) is 5.56 Å². The summed E-state index contributed by atoms with van der Waals surface area (Å²) in [5.74, 6) is -0.255. The molecule has 0 bridgehead atoms. The summed E-state index contributed by atoms with van der Waals surface area (Å²) < 4.78 is 5.51. The van der Waals surface area contributed by atoms with Crippen LogP contribution in [0.3, 0.4) is 0 Å². The first-order chi connectivity index (χ1) is 7.91. The lowest BCUT2D eigenvalue weighted by molar-refractivity contribution is -0.00684. The van der Waals surface area contributed by atoms with Crippen LogP contribution in [0.1, 0.15) is 30.6 Å². The Morgan fingerprint density at radius 1 is 1.24 bits per heavy atom. The predicted molar refractivity (Wildman–Crippen MR) is 69.1 cm³/mol. The molecule has 1 aromatic rings. The molecule has 0 heterocycles. The molecule has 0 aliphatic carbocycles. The molecule has 17 heavy (non-hydrogen) atoms. The van der Waals surface area contributed by atoms with Gasteiger partial charge in [-0.05, 0) is 46.5 Å². The topological polar surface area (TPSA) is 29.5 Å². The lowest BCUT2D eigenvalue weighted by Crippen LogP contribution is -2.32. The highest BCUT2D eigenvalue weighted by Crippen LogP contribution is 2.17. The third-order valence-electron chi connectivity index (χ3n) is 2.54. The first-order valence-electron chi connectivity index (χ1n) is 5.84. The molecule has 0 N–H and O–H groups in total. The SMILES string of the molecule is CN(C)CCC(C)(C)OC(=O)c1ccccc1. The van der Waals surface area contributed by atoms with Gasteiger partial charge in [0, 0.05) is 6.54 Å². The number of esters is 1. The van der Waals surface area contributed by atoms with Gasteiger partial charge < -0.3 is 9.64 Å². The highest BCUT2D eigenvalue weighted by atomic mass is 16.6. The normalized spacial score (nSPS) is 11.6. The van der Waals surface area contributed by atoms with Gasteiger partial charge in [0.05, 0.1) is 5.56 Å². The van der Waals surface area contributed by atoms with Crippen molar-refractivity contribution in [1.29, 1.82) is 0 Å². The van der Waals surface area contributed by atoms with Crippen molar-refractivity contribution in [3.8, 4) is 0 Å². The lowest BCUT2D eigenvalue weighted by atomic mass is 10.0. The van der Waals surface area contributed by atoms with Crippen molar-refractivity contribution in [3.05, 3.63) is 35.9 Å². The first kappa shape index (κ1) is 13.7. The van der Waals surface area contributed by atoms with Gasteiger partial charge in [0.1, 0.15) is 5.60 Å². The molecule has 1 aromatic carbocycles. The van der Waals surface area contributed by atoms with E-state index in [4.69, 9.17) is 4.74 Å². The summed E-state index contributed by atoms with van der Waals surface area (Å²) in [7, 11) is 4.02. The maximum atomic E-state index is 11.9. The fourth-order valence-corrected chi connectivity index (χ4v) is 1.43. The van der Waals surface area contributed by atoms with Gasteiger partial charge in [0.2, 0.25) is 0 Å². The van der Waals surface area contributed by atoms with Crippen molar-refractivity contribution in [2.75, 3.05) is 20.6 Å². The third kappa shape index (κ3) is 5.00. The second-order valence-electron chi connectivity index (χ2n) is 5.07. The number of benzene rings is 1. The standard InChI is InChI=1S/C14H21NO2/c1-14(2,10-11-15(3)4)17-13(16)12-8-6-5-7-9-12/h5-9H,10-11H2,1-4H3. The first-order valence-corrected chi connectivity index (χ1v) is 5.84. The number of hydrogen-bond acceptors (Lipinski definition) is 3. The summed E-state index contributed by atoms with van der Waals surface area (Å²) >= 11 is 0. The number of ether oxygens (including phenoxy) is 1. The zero-order valence-electron chi connectivity index (χ0n) is 11.1. The molecule has 0 spiro atoms. The summed E-state index contributed by atoms with van der Waals surface area (Å²) in [5, 5.41) is 0. The summed E-state index contributed by atoms with van der Waals surface area (Å²) in [6, 6.07) is 9.09. The van der Waals surface area contributed by atoms with E-state index in [9.17, 15) is 4.79 Å². The Bertz CT molecular complexity index is 358. The predicted octanol–water partition coefficient (Wildman–Crippen LogP) is 2.57. The molecule has 0 saturated heterocycles. The average Bonchev–Trinajstić information content (AvgIpc) is 2.27. The maximum absolute atomic E-state index is 11.9. The van der Waals surface area contributed by atoms with Crippen LogP contribution in [0.4, 0.5) is 0 Å². The van der Waals surface area contributed by atoms with Gasteiger partial charge in [-0.3, -0.25) is 0 Å². The summed E-state index contributed by atoms with van der Waals surface area (Å²) in [4.78, 5) is 14.0. The van der Waals surface area contributed by atoms with Crippen molar-refractivity contribution in [2.24, 2.45) is 0 Å². The highest BCUT2D eigenvalue weighted by molar-refractivity contribution is 5.89. The molecule has 0 fully saturated rings. The monoisotopic (exact) mass is 235 g/mol. The molecule has 0 aromatic heterocycles. The van der Waals surface area contributed by atoms with E-state index in [0.717, 1.165) is 13.0 Å². The molecular formula is C14H21NO2. The van der Waals surface area contributed by atoms with E-state index < -0.39 is 5.60 Å². The van der Waals surface area contributed by atoms with E-state index in [1.807, 2.05) is 46.1 Å². The molecule has 1 rings (SSSR count). The molecule has 0 atom stereocenters. The maximum Gasteiger partial charge on any atom is 0.338 e. The second kappa shape index (κ2) is 5.82. The van der Waals surface area contributed by atoms with Gasteiger partial charge in [-0.25, -0.2) is 4.79 Å². The van der Waals surface area contributed by atoms with Crippen LogP contribution in [0.25, 0.3) is 0 Å². The van der Waals surface area contributed by atoms with Gasteiger partial charge in [0.25, 0.3) is 0 Å². The Morgan fingerprint density at radius 2 is 1.82 bits per heavy atom. The fourth-order valence-electron chi connectivity index (χ4n) is 1.43. The Labute approximate surface area is 103 Å². The Hall–Kier alpha value is -1.35. The van der Waals surface area contributed by atoms with Gasteiger partial charge in [-0.2, -0.15) is 0 Å². The zero-order valence-corrected chi connectivity index (χ0v) is 11.1. The van der Waals surface area contributed by atoms with Crippen LogP contribution < -0.4 is 0 Å². The average molecular weight is 235 g/mol. The number of carbonyl (C=O) groups is 1. The van der Waals surface area contributed by atoms with Crippen LogP contribution >= 0.6 is 0 Å². The van der Waals surface area contributed by atoms with Gasteiger partial charge in [-0.1, -0.05) is 18.2 Å². The summed E-state index contributed by atoms with van der Waals surface area (Å²) in [5.41, 5.74) is 0.169. The number of hydrogen-bond donors (Lipinski definition) is 0. The van der Waals surface area contributed by atoms with E-state index in [-0.39, 0.29) is 5.97 Å². The minimum absolute atomic E-state index is 0.255. The molecule has 0 radical (unpaired) electrons. The molecule has 0 unspecified atom stereocenters. The largest absolute Gasteiger partial charge is 0.456 e. The van der Waals surface area contributed by atoms with Crippen molar-refractivity contribution >= 4 is 5.97 Å². The number of nitrogens with zero attached hydrogens (tertiary/aromatic N) is 1. The molecule has 3 nitrogen and oxygen atoms in total. The van der Waals surface area contributed by atoms with E-state index >= 15 is 0 Å². The minimum atomic E-state index is -0.433. The van der Waals surface area contributed by atoms with Crippen LogP contribution in [0.15, 0.2) is 30.3 Å². The quantitative estimate of drug-likeness (QED) is 0.735. The Kier molecular flexibility index (Phi) is 4.70. The van der Waals surface area contributed by atoms with Crippen molar-refractivity contribution in [3.63, 3.8) is 0 Å². The van der Waals surface area contributed by atoms with Crippen molar-refractivity contribution < 1.29 is 9.53 Å². The van der Waals surface area contributed by atoms with Crippen LogP contribution in [-0.2, 0) is 4.74 Å². The van der Waals surface area contributed by atoms with Crippen LogP contribution in [0, 0.1) is 0 Å². The smallest absolute Gasteiger partial charge is 0.338 e. The number of carbonyl (C=O) groups excluding carboxylic acids is 1.